The first kappa shape index (κ1) is 16.0. The van der Waals surface area contributed by atoms with E-state index < -0.39 is 0 Å². The molecule has 116 valence electrons. The molecule has 1 fully saturated rings. The first-order valence-electron chi connectivity index (χ1n) is 7.75. The maximum absolute atomic E-state index is 11.4. The summed E-state index contributed by atoms with van der Waals surface area (Å²) in [6.07, 6.45) is 3.55. The van der Waals surface area contributed by atoms with Gasteiger partial charge < -0.3 is 9.84 Å². The summed E-state index contributed by atoms with van der Waals surface area (Å²) in [4.78, 5) is 13.6. The highest BCUT2D eigenvalue weighted by molar-refractivity contribution is 5.66. The second-order valence-corrected chi connectivity index (χ2v) is 5.75. The van der Waals surface area contributed by atoms with Crippen LogP contribution in [0, 0.1) is 5.92 Å². The zero-order valence-corrected chi connectivity index (χ0v) is 12.7. The van der Waals surface area contributed by atoms with Gasteiger partial charge in [0.05, 0.1) is 0 Å². The van der Waals surface area contributed by atoms with Crippen LogP contribution in [0.15, 0.2) is 30.3 Å². The molecule has 1 aromatic carbocycles. The van der Waals surface area contributed by atoms with Gasteiger partial charge in [0, 0.05) is 33.0 Å². The minimum absolute atomic E-state index is 0.181. The van der Waals surface area contributed by atoms with Gasteiger partial charge in [0.2, 0.25) is 0 Å². The van der Waals surface area contributed by atoms with Crippen LogP contribution in [0.2, 0.25) is 0 Å². The van der Waals surface area contributed by atoms with Gasteiger partial charge in [-0.3, -0.25) is 9.69 Å². The summed E-state index contributed by atoms with van der Waals surface area (Å²) in [5.74, 6) is 0.370. The SMILES string of the molecule is CC(=O)OC(Cc1ccccc1)N1CCC(CCO)CC1. The van der Waals surface area contributed by atoms with Crippen LogP contribution in [0.25, 0.3) is 0 Å². The van der Waals surface area contributed by atoms with Crippen molar-refractivity contribution in [3.05, 3.63) is 35.9 Å². The van der Waals surface area contributed by atoms with E-state index in [1.54, 1.807) is 0 Å². The van der Waals surface area contributed by atoms with Crippen molar-refractivity contribution in [1.29, 1.82) is 0 Å². The van der Waals surface area contributed by atoms with Crippen LogP contribution in [0.1, 0.15) is 31.7 Å². The fraction of sp³-hybridized carbons (Fsp3) is 0.588. The molecular weight excluding hydrogens is 266 g/mol. The van der Waals surface area contributed by atoms with Crippen LogP contribution < -0.4 is 0 Å². The van der Waals surface area contributed by atoms with E-state index in [-0.39, 0.29) is 18.8 Å². The zero-order valence-electron chi connectivity index (χ0n) is 12.7. The predicted molar refractivity (Wildman–Crippen MR) is 81.7 cm³/mol. The molecule has 21 heavy (non-hydrogen) atoms. The molecule has 0 amide bonds. The van der Waals surface area contributed by atoms with Crippen LogP contribution in [0.3, 0.4) is 0 Å². The number of aliphatic hydroxyl groups excluding tert-OH is 1. The number of esters is 1. The van der Waals surface area contributed by atoms with E-state index in [4.69, 9.17) is 9.84 Å². The van der Waals surface area contributed by atoms with Gasteiger partial charge in [-0.25, -0.2) is 0 Å². The number of carbonyl (C=O) groups excluding carboxylic acids is 1. The molecule has 2 rings (SSSR count). The van der Waals surface area contributed by atoms with E-state index in [2.05, 4.69) is 17.0 Å². The van der Waals surface area contributed by atoms with Crippen molar-refractivity contribution < 1.29 is 14.6 Å². The summed E-state index contributed by atoms with van der Waals surface area (Å²) in [5.41, 5.74) is 1.18. The Labute approximate surface area is 126 Å². The maximum atomic E-state index is 11.4. The van der Waals surface area contributed by atoms with Gasteiger partial charge in [0.15, 0.2) is 6.23 Å². The average Bonchev–Trinajstić information content (AvgIpc) is 2.48. The Bertz CT molecular complexity index is 427. The zero-order chi connectivity index (χ0) is 15.1. The lowest BCUT2D eigenvalue weighted by Gasteiger charge is -2.36. The molecule has 1 aliphatic rings. The summed E-state index contributed by atoms with van der Waals surface area (Å²) in [7, 11) is 0. The quantitative estimate of drug-likeness (QED) is 0.817. The molecule has 0 saturated carbocycles. The Morgan fingerprint density at radius 1 is 1.33 bits per heavy atom. The highest BCUT2D eigenvalue weighted by Gasteiger charge is 2.26. The number of nitrogens with zero attached hydrogens (tertiary/aromatic N) is 1. The van der Waals surface area contributed by atoms with Gasteiger partial charge in [-0.2, -0.15) is 0 Å². The normalized spacial score (nSPS) is 18.4. The summed E-state index contributed by atoms with van der Waals surface area (Å²) < 4.78 is 5.53. The fourth-order valence-corrected chi connectivity index (χ4v) is 2.96. The van der Waals surface area contributed by atoms with Gasteiger partial charge in [-0.05, 0) is 30.7 Å². The summed E-state index contributed by atoms with van der Waals surface area (Å²) in [6, 6.07) is 10.1. The number of aliphatic hydroxyl groups is 1. The Balaban J connectivity index is 1.95. The Morgan fingerprint density at radius 3 is 2.57 bits per heavy atom. The lowest BCUT2D eigenvalue weighted by atomic mass is 9.93. The smallest absolute Gasteiger partial charge is 0.304 e. The minimum atomic E-state index is -0.228. The minimum Gasteiger partial charge on any atom is -0.446 e. The molecule has 4 nitrogen and oxygen atoms in total. The highest BCUT2D eigenvalue weighted by Crippen LogP contribution is 2.23. The number of ether oxygens (including phenoxy) is 1. The fourth-order valence-electron chi connectivity index (χ4n) is 2.96. The third kappa shape index (κ3) is 5.14. The molecule has 0 aliphatic carbocycles. The van der Waals surface area contributed by atoms with Gasteiger partial charge in [0.25, 0.3) is 0 Å². The van der Waals surface area contributed by atoms with Crippen LogP contribution in [-0.4, -0.2) is 41.9 Å². The lowest BCUT2D eigenvalue weighted by Crippen LogP contribution is -2.44. The van der Waals surface area contributed by atoms with Crippen molar-refractivity contribution in [3.63, 3.8) is 0 Å². The van der Waals surface area contributed by atoms with Crippen LogP contribution >= 0.6 is 0 Å². The molecule has 1 N–H and O–H groups in total. The molecule has 1 aromatic rings. The number of hydrogen-bond donors (Lipinski definition) is 1. The second kappa shape index (κ2) is 8.15. The summed E-state index contributed by atoms with van der Waals surface area (Å²) in [6.45, 7) is 3.59. The Morgan fingerprint density at radius 2 is 2.00 bits per heavy atom. The topological polar surface area (TPSA) is 49.8 Å². The monoisotopic (exact) mass is 291 g/mol. The Hall–Kier alpha value is -1.39. The van der Waals surface area contributed by atoms with Crippen molar-refractivity contribution in [2.45, 2.75) is 38.8 Å². The number of hydrogen-bond acceptors (Lipinski definition) is 4. The molecule has 1 saturated heterocycles. The Kier molecular flexibility index (Phi) is 6.21. The second-order valence-electron chi connectivity index (χ2n) is 5.75. The summed E-state index contributed by atoms with van der Waals surface area (Å²) in [5, 5.41) is 9.02. The molecule has 0 spiro atoms. The average molecular weight is 291 g/mol. The van der Waals surface area contributed by atoms with Gasteiger partial charge >= 0.3 is 5.97 Å². The largest absolute Gasteiger partial charge is 0.446 e. The first-order valence-corrected chi connectivity index (χ1v) is 7.75. The molecule has 1 aliphatic heterocycles. The highest BCUT2D eigenvalue weighted by atomic mass is 16.6. The van der Waals surface area contributed by atoms with Gasteiger partial charge in [0.1, 0.15) is 0 Å². The first-order chi connectivity index (χ1) is 10.2. The van der Waals surface area contributed by atoms with Crippen LogP contribution in [-0.2, 0) is 16.0 Å². The van der Waals surface area contributed by atoms with Crippen molar-refractivity contribution in [2.24, 2.45) is 5.92 Å². The predicted octanol–water partition coefficient (Wildman–Crippen LogP) is 2.21. The molecule has 1 atom stereocenters. The number of benzene rings is 1. The maximum Gasteiger partial charge on any atom is 0.304 e. The molecular formula is C17H25NO3. The third-order valence-electron chi connectivity index (χ3n) is 4.15. The molecule has 0 radical (unpaired) electrons. The number of likely N-dealkylation sites (tertiary alicyclic amines) is 1. The molecule has 1 unspecified atom stereocenters. The van der Waals surface area contributed by atoms with E-state index in [0.717, 1.165) is 38.8 Å². The van der Waals surface area contributed by atoms with Crippen molar-refractivity contribution in [3.8, 4) is 0 Å². The number of carbonyl (C=O) groups is 1. The van der Waals surface area contributed by atoms with E-state index >= 15 is 0 Å². The van der Waals surface area contributed by atoms with E-state index in [1.807, 2.05) is 18.2 Å². The van der Waals surface area contributed by atoms with Crippen LogP contribution in [0.5, 0.6) is 0 Å². The standard InChI is InChI=1S/C17H25NO3/c1-14(20)21-17(13-16-5-3-2-4-6-16)18-10-7-15(8-11-18)9-12-19/h2-6,15,17,19H,7-13H2,1H3. The van der Waals surface area contributed by atoms with Gasteiger partial charge in [-0.15, -0.1) is 0 Å². The molecule has 0 bridgehead atoms. The van der Waals surface area contributed by atoms with Crippen LogP contribution in [0.4, 0.5) is 0 Å². The number of rotatable bonds is 6. The molecule has 0 aromatic heterocycles. The molecule has 1 heterocycles. The van der Waals surface area contributed by atoms with E-state index in [1.165, 1.54) is 12.5 Å². The lowest BCUT2D eigenvalue weighted by molar-refractivity contribution is -0.158. The van der Waals surface area contributed by atoms with E-state index in [9.17, 15) is 4.79 Å². The third-order valence-corrected chi connectivity index (χ3v) is 4.15. The molecule has 4 heteroatoms. The van der Waals surface area contributed by atoms with Crippen molar-refractivity contribution >= 4 is 5.97 Å². The summed E-state index contributed by atoms with van der Waals surface area (Å²) >= 11 is 0. The van der Waals surface area contributed by atoms with Gasteiger partial charge in [-0.1, -0.05) is 30.3 Å². The van der Waals surface area contributed by atoms with Crippen molar-refractivity contribution in [2.75, 3.05) is 19.7 Å². The van der Waals surface area contributed by atoms with E-state index in [0.29, 0.717) is 5.92 Å². The number of piperidine rings is 1. The van der Waals surface area contributed by atoms with Crippen molar-refractivity contribution in [1.82, 2.24) is 4.90 Å².